The van der Waals surface area contributed by atoms with Crippen molar-refractivity contribution in [1.82, 2.24) is 20.2 Å². The van der Waals surface area contributed by atoms with Gasteiger partial charge in [-0.05, 0) is 54.1 Å². The maximum absolute atomic E-state index is 12.6. The van der Waals surface area contributed by atoms with Crippen LogP contribution in [0.25, 0.3) is 5.69 Å². The van der Waals surface area contributed by atoms with Crippen LogP contribution in [-0.4, -0.2) is 32.6 Å². The number of para-hydroxylation sites is 3. The average Bonchev–Trinajstić information content (AvgIpc) is 3.42. The van der Waals surface area contributed by atoms with Crippen LogP contribution in [0.15, 0.2) is 124 Å². The van der Waals surface area contributed by atoms with Crippen LogP contribution in [0, 0.1) is 0 Å². The summed E-state index contributed by atoms with van der Waals surface area (Å²) in [5.41, 5.74) is 6.31. The first-order chi connectivity index (χ1) is 20.2. The molecule has 0 atom stereocenters. The number of hydrogen-bond donors (Lipinski definition) is 2. The number of hydrogen-bond acceptors (Lipinski definition) is 7. The molecule has 1 heterocycles. The van der Waals surface area contributed by atoms with E-state index in [0.717, 1.165) is 32.8 Å². The lowest BCUT2D eigenvalue weighted by molar-refractivity contribution is -0.118. The molecule has 5 aromatic rings. The maximum atomic E-state index is 12.6. The summed E-state index contributed by atoms with van der Waals surface area (Å²) in [4.78, 5) is 12.6. The van der Waals surface area contributed by atoms with Crippen LogP contribution in [-0.2, 0) is 17.9 Å². The van der Waals surface area contributed by atoms with Crippen LogP contribution in [0.5, 0.6) is 5.75 Å². The lowest BCUT2D eigenvalue weighted by atomic mass is 10.2. The number of carbonyl (C=O) groups is 1. The molecule has 0 unspecified atom stereocenters. The van der Waals surface area contributed by atoms with E-state index >= 15 is 0 Å². The smallest absolute Gasteiger partial charge is 0.250 e. The number of carbonyl (C=O) groups excluding carboxylic acids is 1. The molecule has 2 N–H and O–H groups in total. The van der Waals surface area contributed by atoms with Crippen molar-refractivity contribution in [1.29, 1.82) is 0 Å². The highest BCUT2D eigenvalue weighted by Crippen LogP contribution is 2.23. The van der Waals surface area contributed by atoms with E-state index in [2.05, 4.69) is 42.0 Å². The second-order valence-corrected chi connectivity index (χ2v) is 10.7. The fraction of sp³-hybridized carbons (Fsp3) is 0.0968. The van der Waals surface area contributed by atoms with Gasteiger partial charge in [0, 0.05) is 21.4 Å². The van der Waals surface area contributed by atoms with Gasteiger partial charge in [-0.3, -0.25) is 9.36 Å². The lowest BCUT2D eigenvalue weighted by Crippen LogP contribution is -2.20. The van der Waals surface area contributed by atoms with E-state index in [4.69, 9.17) is 4.74 Å². The van der Waals surface area contributed by atoms with Crippen molar-refractivity contribution in [3.63, 3.8) is 0 Å². The van der Waals surface area contributed by atoms with Gasteiger partial charge in [0.2, 0.25) is 0 Å². The van der Waals surface area contributed by atoms with Gasteiger partial charge in [0.15, 0.2) is 11.0 Å². The van der Waals surface area contributed by atoms with Gasteiger partial charge in [-0.25, -0.2) is 5.43 Å². The number of amides is 1. The molecule has 10 heteroatoms. The van der Waals surface area contributed by atoms with Gasteiger partial charge in [0.25, 0.3) is 5.91 Å². The van der Waals surface area contributed by atoms with Crippen LogP contribution in [0.1, 0.15) is 17.0 Å². The zero-order chi connectivity index (χ0) is 28.3. The lowest BCUT2D eigenvalue weighted by Gasteiger charge is -2.11. The molecule has 0 aliphatic rings. The summed E-state index contributed by atoms with van der Waals surface area (Å²) < 4.78 is 8.95. The number of ether oxygens (including phenoxy) is 1. The van der Waals surface area contributed by atoms with Crippen LogP contribution in [0.3, 0.4) is 0 Å². The van der Waals surface area contributed by atoms with Gasteiger partial charge in [-0.15, -0.1) is 10.2 Å². The van der Waals surface area contributed by atoms with E-state index in [0.29, 0.717) is 24.1 Å². The summed E-state index contributed by atoms with van der Waals surface area (Å²) in [6.45, 7) is 0.893. The maximum Gasteiger partial charge on any atom is 0.250 e. The first kappa shape index (κ1) is 28.1. The molecule has 0 aliphatic heterocycles. The predicted octanol–water partition coefficient (Wildman–Crippen LogP) is 6.46. The number of aromatic nitrogens is 3. The zero-order valence-corrected chi connectivity index (χ0v) is 24.4. The number of hydrazone groups is 1. The molecular formula is C31H27BrN6O2S. The molecular weight excluding hydrogens is 600 g/mol. The molecule has 0 spiro atoms. The summed E-state index contributed by atoms with van der Waals surface area (Å²) in [6.07, 6.45) is 1.58. The van der Waals surface area contributed by atoms with E-state index in [-0.39, 0.29) is 11.7 Å². The van der Waals surface area contributed by atoms with Crippen molar-refractivity contribution >= 4 is 45.5 Å². The van der Waals surface area contributed by atoms with Gasteiger partial charge in [0.05, 0.1) is 18.5 Å². The summed E-state index contributed by atoms with van der Waals surface area (Å²) in [6, 6.07) is 35.3. The molecule has 1 amide bonds. The topological polar surface area (TPSA) is 93.4 Å². The van der Waals surface area contributed by atoms with E-state index in [9.17, 15) is 4.79 Å². The number of nitrogens with zero attached hydrogens (tertiary/aromatic N) is 4. The minimum absolute atomic E-state index is 0.120. The molecule has 0 radical (unpaired) electrons. The number of halogens is 1. The van der Waals surface area contributed by atoms with Crippen molar-refractivity contribution in [3.8, 4) is 11.4 Å². The summed E-state index contributed by atoms with van der Waals surface area (Å²) >= 11 is 4.78. The van der Waals surface area contributed by atoms with Crippen LogP contribution < -0.4 is 15.5 Å². The Morgan fingerprint density at radius 1 is 0.927 bits per heavy atom. The Kier molecular flexibility index (Phi) is 9.80. The highest BCUT2D eigenvalue weighted by atomic mass is 79.9. The minimum Gasteiger partial charge on any atom is -0.488 e. The molecule has 206 valence electrons. The molecule has 5 rings (SSSR count). The van der Waals surface area contributed by atoms with Crippen molar-refractivity contribution in [2.45, 2.75) is 18.3 Å². The van der Waals surface area contributed by atoms with E-state index < -0.39 is 0 Å². The molecule has 0 bridgehead atoms. The monoisotopic (exact) mass is 626 g/mol. The Bertz CT molecular complexity index is 1610. The van der Waals surface area contributed by atoms with Crippen LogP contribution >= 0.6 is 27.7 Å². The van der Waals surface area contributed by atoms with Gasteiger partial charge in [0.1, 0.15) is 12.4 Å². The molecule has 0 saturated heterocycles. The Morgan fingerprint density at radius 3 is 2.49 bits per heavy atom. The van der Waals surface area contributed by atoms with Gasteiger partial charge in [-0.1, -0.05) is 88.4 Å². The third kappa shape index (κ3) is 8.06. The number of thioether (sulfide) groups is 1. The fourth-order valence-electron chi connectivity index (χ4n) is 3.92. The number of rotatable bonds is 12. The SMILES string of the molecule is O=C(CSc1nnc(CNc2ccccc2)n1-c1ccccc1)NN=Cc1ccccc1OCc1cccc(Br)c1. The second-order valence-electron chi connectivity index (χ2n) is 8.83. The first-order valence-corrected chi connectivity index (χ1v) is 14.6. The van der Waals surface area contributed by atoms with Crippen molar-refractivity contribution in [2.24, 2.45) is 5.10 Å². The van der Waals surface area contributed by atoms with Crippen molar-refractivity contribution in [3.05, 3.63) is 131 Å². The largest absolute Gasteiger partial charge is 0.488 e. The summed E-state index contributed by atoms with van der Waals surface area (Å²) in [5, 5.41) is 16.9. The Morgan fingerprint density at radius 2 is 1.68 bits per heavy atom. The molecule has 1 aromatic heterocycles. The minimum atomic E-state index is -0.259. The number of nitrogens with one attached hydrogen (secondary N) is 2. The third-order valence-electron chi connectivity index (χ3n) is 5.87. The number of benzene rings is 4. The second kappa shape index (κ2) is 14.3. The summed E-state index contributed by atoms with van der Waals surface area (Å²) in [5.74, 6) is 1.27. The normalized spacial score (nSPS) is 11.0. The third-order valence-corrected chi connectivity index (χ3v) is 7.29. The number of anilines is 1. The standard InChI is InChI=1S/C31H27BrN6O2S/c32-25-12-9-10-23(18-25)21-40-28-17-8-7-11-24(28)19-34-36-30(39)22-41-31-37-35-29(20-33-26-13-3-1-4-14-26)38(31)27-15-5-2-6-16-27/h1-19,33H,20-22H2,(H,36,39). The Balaban J connectivity index is 1.20. The van der Waals surface area contributed by atoms with E-state index in [1.165, 1.54) is 11.8 Å². The Hall–Kier alpha value is -4.41. The first-order valence-electron chi connectivity index (χ1n) is 12.9. The van der Waals surface area contributed by atoms with Gasteiger partial charge in [-0.2, -0.15) is 5.10 Å². The average molecular weight is 628 g/mol. The highest BCUT2D eigenvalue weighted by Gasteiger charge is 2.16. The molecule has 0 aliphatic carbocycles. The molecule has 0 fully saturated rings. The van der Waals surface area contributed by atoms with Crippen LogP contribution in [0.2, 0.25) is 0 Å². The molecule has 4 aromatic carbocycles. The van der Waals surface area contributed by atoms with Crippen molar-refractivity contribution < 1.29 is 9.53 Å². The molecule has 0 saturated carbocycles. The fourth-order valence-corrected chi connectivity index (χ4v) is 5.13. The van der Waals surface area contributed by atoms with Crippen molar-refractivity contribution in [2.75, 3.05) is 11.1 Å². The summed E-state index contributed by atoms with van der Waals surface area (Å²) in [7, 11) is 0. The zero-order valence-electron chi connectivity index (χ0n) is 22.0. The van der Waals surface area contributed by atoms with E-state index in [1.54, 1.807) is 6.21 Å². The van der Waals surface area contributed by atoms with Gasteiger partial charge >= 0.3 is 0 Å². The highest BCUT2D eigenvalue weighted by molar-refractivity contribution is 9.10. The predicted molar refractivity (Wildman–Crippen MR) is 167 cm³/mol. The quantitative estimate of drug-likeness (QED) is 0.0937. The molecule has 41 heavy (non-hydrogen) atoms. The molecule has 8 nitrogen and oxygen atoms in total. The van der Waals surface area contributed by atoms with Gasteiger partial charge < -0.3 is 10.1 Å². The van der Waals surface area contributed by atoms with Crippen LogP contribution in [0.4, 0.5) is 5.69 Å². The van der Waals surface area contributed by atoms with E-state index in [1.807, 2.05) is 114 Å². The Labute approximate surface area is 251 Å².